The molecule has 0 aliphatic carbocycles. The van der Waals surface area contributed by atoms with Crippen LogP contribution in [0.25, 0.3) is 0 Å². The van der Waals surface area contributed by atoms with E-state index in [2.05, 4.69) is 4.72 Å². The SMILES string of the molecule is CCN[SH](=O)=O.[Na]. The van der Waals surface area contributed by atoms with Gasteiger partial charge >= 0.3 is 0 Å². The first-order valence-electron chi connectivity index (χ1n) is 1.65. The van der Waals surface area contributed by atoms with Crippen molar-refractivity contribution in [3.8, 4) is 0 Å². The minimum Gasteiger partial charge on any atom is -0.218 e. The standard InChI is InChI=1S/C2H7NO2S.Na/c1-2-3-6(4)5;/h6H,2H2,1H3,(H,3,4,5);. The van der Waals surface area contributed by atoms with Crippen molar-refractivity contribution >= 4 is 40.4 Å². The maximum absolute atomic E-state index is 9.53. The van der Waals surface area contributed by atoms with E-state index in [1.165, 1.54) is 0 Å². The summed E-state index contributed by atoms with van der Waals surface area (Å²) in [6, 6.07) is 0. The summed E-state index contributed by atoms with van der Waals surface area (Å²) in [5, 5.41) is 0. The molecule has 3 nitrogen and oxygen atoms in total. The summed E-state index contributed by atoms with van der Waals surface area (Å²) in [4.78, 5) is 0. The molecule has 0 aromatic rings. The van der Waals surface area contributed by atoms with Gasteiger partial charge in [0.2, 0.25) is 10.9 Å². The summed E-state index contributed by atoms with van der Waals surface area (Å²) >= 11 is 0. The second kappa shape index (κ2) is 6.91. The number of hydrogen-bond acceptors (Lipinski definition) is 2. The predicted octanol–water partition coefficient (Wildman–Crippen LogP) is -1.26. The zero-order chi connectivity index (χ0) is 4.99. The van der Waals surface area contributed by atoms with Crippen LogP contribution < -0.4 is 4.72 Å². The van der Waals surface area contributed by atoms with Crippen molar-refractivity contribution < 1.29 is 8.42 Å². The number of thiol groups is 1. The molecular formula is C2H7NNaO2S. The molecule has 0 heterocycles. The van der Waals surface area contributed by atoms with Crippen molar-refractivity contribution in [3.05, 3.63) is 0 Å². The molecule has 0 amide bonds. The maximum Gasteiger partial charge on any atom is 0.201 e. The van der Waals surface area contributed by atoms with Crippen LogP contribution >= 0.6 is 0 Å². The molecule has 0 aliphatic heterocycles. The molecule has 39 valence electrons. The third-order valence-corrected chi connectivity index (χ3v) is 0.862. The molecular weight excluding hydrogens is 125 g/mol. The van der Waals surface area contributed by atoms with E-state index in [4.69, 9.17) is 0 Å². The van der Waals surface area contributed by atoms with Crippen LogP contribution in [0.15, 0.2) is 0 Å². The molecule has 0 unspecified atom stereocenters. The van der Waals surface area contributed by atoms with Gasteiger partial charge in [0.1, 0.15) is 0 Å². The topological polar surface area (TPSA) is 46.2 Å². The van der Waals surface area contributed by atoms with Gasteiger partial charge in [-0.15, -0.1) is 0 Å². The van der Waals surface area contributed by atoms with Crippen LogP contribution in [0.3, 0.4) is 0 Å². The van der Waals surface area contributed by atoms with Gasteiger partial charge in [0, 0.05) is 36.1 Å². The fraction of sp³-hybridized carbons (Fsp3) is 1.00. The van der Waals surface area contributed by atoms with E-state index < -0.39 is 10.9 Å². The van der Waals surface area contributed by atoms with Crippen molar-refractivity contribution in [2.75, 3.05) is 6.54 Å². The monoisotopic (exact) mass is 132 g/mol. The molecule has 0 rings (SSSR count). The molecule has 1 radical (unpaired) electrons. The Bertz CT molecular complexity index is 83.7. The Kier molecular flexibility index (Phi) is 10.7. The first-order chi connectivity index (χ1) is 2.77. The van der Waals surface area contributed by atoms with Crippen LogP contribution in [0, 0.1) is 0 Å². The third-order valence-electron chi connectivity index (χ3n) is 0.287. The predicted molar refractivity (Wildman–Crippen MR) is 29.7 cm³/mol. The second-order valence-electron chi connectivity index (χ2n) is 0.769. The summed E-state index contributed by atoms with van der Waals surface area (Å²) in [5.74, 6) is 0. The van der Waals surface area contributed by atoms with Crippen molar-refractivity contribution in [2.24, 2.45) is 0 Å². The molecule has 5 heteroatoms. The Balaban J connectivity index is 0. The van der Waals surface area contributed by atoms with Gasteiger partial charge in [-0.25, -0.2) is 13.1 Å². The third kappa shape index (κ3) is 10.9. The van der Waals surface area contributed by atoms with E-state index in [1.807, 2.05) is 0 Å². The Morgan fingerprint density at radius 3 is 2.00 bits per heavy atom. The van der Waals surface area contributed by atoms with Crippen LogP contribution in [0.2, 0.25) is 0 Å². The van der Waals surface area contributed by atoms with Crippen molar-refractivity contribution in [1.82, 2.24) is 4.72 Å². The van der Waals surface area contributed by atoms with Crippen LogP contribution in [-0.2, 0) is 10.9 Å². The minimum absolute atomic E-state index is 0. The molecule has 0 aromatic carbocycles. The van der Waals surface area contributed by atoms with E-state index in [0.29, 0.717) is 6.54 Å². The number of nitrogens with one attached hydrogen (secondary N) is 1. The van der Waals surface area contributed by atoms with Crippen molar-refractivity contribution in [2.45, 2.75) is 6.92 Å². The molecule has 0 atom stereocenters. The molecule has 0 saturated heterocycles. The molecule has 0 aliphatic rings. The van der Waals surface area contributed by atoms with Crippen LogP contribution in [0.4, 0.5) is 0 Å². The molecule has 0 fully saturated rings. The van der Waals surface area contributed by atoms with Crippen LogP contribution in [-0.4, -0.2) is 44.5 Å². The summed E-state index contributed by atoms with van der Waals surface area (Å²) in [5.41, 5.74) is 0. The van der Waals surface area contributed by atoms with Gasteiger partial charge in [0.15, 0.2) is 0 Å². The normalized spacial score (nSPS) is 8.29. The fourth-order valence-corrected chi connectivity index (χ4v) is 0.387. The largest absolute Gasteiger partial charge is 0.218 e. The molecule has 0 saturated carbocycles. The zero-order valence-electron chi connectivity index (χ0n) is 4.47. The van der Waals surface area contributed by atoms with Crippen molar-refractivity contribution in [3.63, 3.8) is 0 Å². The number of rotatable bonds is 2. The van der Waals surface area contributed by atoms with E-state index in [-0.39, 0.29) is 29.6 Å². The summed E-state index contributed by atoms with van der Waals surface area (Å²) in [7, 11) is -2.35. The first-order valence-corrected chi connectivity index (χ1v) is 2.83. The van der Waals surface area contributed by atoms with E-state index in [9.17, 15) is 8.42 Å². The molecule has 0 spiro atoms. The first kappa shape index (κ1) is 10.8. The van der Waals surface area contributed by atoms with Gasteiger partial charge in [-0.2, -0.15) is 0 Å². The number of hydrogen-bond donors (Lipinski definition) is 2. The van der Waals surface area contributed by atoms with Crippen LogP contribution in [0.1, 0.15) is 6.92 Å². The Labute approximate surface area is 66.9 Å². The van der Waals surface area contributed by atoms with Crippen molar-refractivity contribution in [1.29, 1.82) is 0 Å². The molecule has 1 N–H and O–H groups in total. The van der Waals surface area contributed by atoms with Gasteiger partial charge < -0.3 is 0 Å². The average molecular weight is 132 g/mol. The van der Waals surface area contributed by atoms with Gasteiger partial charge in [0.25, 0.3) is 0 Å². The summed E-state index contributed by atoms with van der Waals surface area (Å²) in [6.07, 6.45) is 0. The second-order valence-corrected chi connectivity index (χ2v) is 1.60. The van der Waals surface area contributed by atoms with Gasteiger partial charge in [-0.05, 0) is 0 Å². The Morgan fingerprint density at radius 1 is 1.57 bits per heavy atom. The van der Waals surface area contributed by atoms with Crippen LogP contribution in [0.5, 0.6) is 0 Å². The van der Waals surface area contributed by atoms with Gasteiger partial charge in [0.05, 0.1) is 0 Å². The van der Waals surface area contributed by atoms with Gasteiger partial charge in [-0.1, -0.05) is 6.92 Å². The average Bonchev–Trinajstić information content (AvgIpc) is 1.35. The minimum atomic E-state index is -2.35. The molecule has 7 heavy (non-hydrogen) atoms. The quantitative estimate of drug-likeness (QED) is 0.364. The fourth-order valence-electron chi connectivity index (χ4n) is 0.129. The Morgan fingerprint density at radius 2 is 2.00 bits per heavy atom. The Hall–Kier alpha value is 0.910. The smallest absolute Gasteiger partial charge is 0.201 e. The molecule has 0 aromatic heterocycles. The van der Waals surface area contributed by atoms with E-state index >= 15 is 0 Å². The van der Waals surface area contributed by atoms with E-state index in [0.717, 1.165) is 0 Å². The van der Waals surface area contributed by atoms with Gasteiger partial charge in [-0.3, -0.25) is 0 Å². The summed E-state index contributed by atoms with van der Waals surface area (Å²) in [6.45, 7) is 2.21. The summed E-state index contributed by atoms with van der Waals surface area (Å²) < 4.78 is 21.2. The molecule has 0 bridgehead atoms. The maximum atomic E-state index is 9.53. The zero-order valence-corrected chi connectivity index (χ0v) is 7.37. The van der Waals surface area contributed by atoms with E-state index in [1.54, 1.807) is 6.92 Å².